The third-order valence-corrected chi connectivity index (χ3v) is 3.97. The number of aromatic nitrogens is 1. The Hall–Kier alpha value is -2.08. The first-order valence-electron chi connectivity index (χ1n) is 6.38. The lowest BCUT2D eigenvalue weighted by molar-refractivity contribution is 0.318. The van der Waals surface area contributed by atoms with Crippen molar-refractivity contribution in [1.82, 2.24) is 4.98 Å². The average molecular weight is 290 g/mol. The van der Waals surface area contributed by atoms with Crippen LogP contribution in [0.5, 0.6) is 0 Å². The molecule has 2 rings (SSSR count). The highest BCUT2D eigenvalue weighted by Crippen LogP contribution is 2.23. The van der Waals surface area contributed by atoms with Crippen molar-refractivity contribution in [2.24, 2.45) is 10.9 Å². The Morgan fingerprint density at radius 3 is 2.90 bits per heavy atom. The molecule has 0 bridgehead atoms. The molecule has 0 aliphatic heterocycles. The number of amidine groups is 1. The van der Waals surface area contributed by atoms with Gasteiger partial charge in [0.2, 0.25) is 0 Å². The lowest BCUT2D eigenvalue weighted by atomic mass is 10.1. The summed E-state index contributed by atoms with van der Waals surface area (Å²) in [5.74, 6) is 0.839. The number of oxime groups is 1. The van der Waals surface area contributed by atoms with E-state index in [0.717, 1.165) is 24.5 Å². The van der Waals surface area contributed by atoms with Crippen molar-refractivity contribution in [2.75, 3.05) is 11.4 Å². The summed E-state index contributed by atoms with van der Waals surface area (Å²) in [5.41, 5.74) is 7.43. The highest BCUT2D eigenvalue weighted by Gasteiger charge is 2.17. The first kappa shape index (κ1) is 14.3. The first-order chi connectivity index (χ1) is 9.67. The van der Waals surface area contributed by atoms with Crippen molar-refractivity contribution in [1.29, 1.82) is 0 Å². The van der Waals surface area contributed by atoms with E-state index >= 15 is 0 Å². The summed E-state index contributed by atoms with van der Waals surface area (Å²) < 4.78 is 0. The minimum atomic E-state index is 0.0928. The van der Waals surface area contributed by atoms with Gasteiger partial charge in [-0.05, 0) is 36.9 Å². The molecule has 0 aliphatic carbocycles. The zero-order valence-electron chi connectivity index (χ0n) is 11.6. The fourth-order valence-corrected chi connectivity index (χ4v) is 2.80. The number of pyridine rings is 1. The van der Waals surface area contributed by atoms with Crippen molar-refractivity contribution in [3.63, 3.8) is 0 Å². The summed E-state index contributed by atoms with van der Waals surface area (Å²) >= 11 is 1.71. The highest BCUT2D eigenvalue weighted by atomic mass is 32.1. The van der Waals surface area contributed by atoms with E-state index < -0.39 is 0 Å². The molecule has 0 atom stereocenters. The molecule has 2 aromatic rings. The summed E-state index contributed by atoms with van der Waals surface area (Å²) in [6.45, 7) is 5.54. The Kier molecular flexibility index (Phi) is 4.57. The van der Waals surface area contributed by atoms with Gasteiger partial charge in [0, 0.05) is 17.6 Å². The van der Waals surface area contributed by atoms with Crippen molar-refractivity contribution < 1.29 is 5.21 Å². The first-order valence-corrected chi connectivity index (χ1v) is 7.26. The van der Waals surface area contributed by atoms with E-state index in [1.165, 1.54) is 4.88 Å². The fourth-order valence-electron chi connectivity index (χ4n) is 2.08. The third kappa shape index (κ3) is 2.91. The van der Waals surface area contributed by atoms with Crippen molar-refractivity contribution in [3.05, 3.63) is 45.8 Å². The van der Waals surface area contributed by atoms with Crippen LogP contribution in [0.15, 0.2) is 34.9 Å². The van der Waals surface area contributed by atoms with Crippen LogP contribution >= 0.6 is 11.3 Å². The predicted octanol–water partition coefficient (Wildman–Crippen LogP) is 2.57. The fraction of sp³-hybridized carbons (Fsp3) is 0.286. The van der Waals surface area contributed by atoms with Gasteiger partial charge in [-0.3, -0.25) is 0 Å². The number of rotatable bonds is 5. The molecule has 0 fully saturated rings. The van der Waals surface area contributed by atoms with Crippen LogP contribution in [0.3, 0.4) is 0 Å². The summed E-state index contributed by atoms with van der Waals surface area (Å²) in [6, 6.07) is 5.98. The number of thiophene rings is 1. The monoisotopic (exact) mass is 290 g/mol. The third-order valence-electron chi connectivity index (χ3n) is 3.11. The molecule has 0 unspecified atom stereocenters. The molecule has 5 nitrogen and oxygen atoms in total. The van der Waals surface area contributed by atoms with Gasteiger partial charge in [-0.1, -0.05) is 11.2 Å². The van der Waals surface area contributed by atoms with Crippen LogP contribution in [0.2, 0.25) is 0 Å². The van der Waals surface area contributed by atoms with Gasteiger partial charge >= 0.3 is 0 Å². The van der Waals surface area contributed by atoms with Gasteiger partial charge in [-0.25, -0.2) is 4.98 Å². The van der Waals surface area contributed by atoms with E-state index in [0.29, 0.717) is 5.56 Å². The van der Waals surface area contributed by atoms with Crippen LogP contribution in [0.25, 0.3) is 0 Å². The van der Waals surface area contributed by atoms with Gasteiger partial charge in [0.1, 0.15) is 5.82 Å². The van der Waals surface area contributed by atoms with E-state index in [1.54, 1.807) is 17.5 Å². The maximum absolute atomic E-state index is 8.97. The molecule has 0 aromatic carbocycles. The molecule has 0 aliphatic rings. The number of hydrogen-bond acceptors (Lipinski definition) is 5. The lowest BCUT2D eigenvalue weighted by Crippen LogP contribution is -2.27. The SMILES string of the molecule is CCN(Cc1cccs1)c1nccc(C)c1/C(N)=N/O. The van der Waals surface area contributed by atoms with Crippen LogP contribution in [-0.2, 0) is 6.54 Å². The molecule has 0 saturated heterocycles. The number of aryl methyl sites for hydroxylation is 1. The topological polar surface area (TPSA) is 74.7 Å². The second-order valence-electron chi connectivity index (χ2n) is 4.41. The molecule has 0 spiro atoms. The highest BCUT2D eigenvalue weighted by molar-refractivity contribution is 7.09. The Morgan fingerprint density at radius 2 is 2.30 bits per heavy atom. The number of anilines is 1. The smallest absolute Gasteiger partial charge is 0.174 e. The number of nitrogens with two attached hydrogens (primary N) is 1. The van der Waals surface area contributed by atoms with Crippen molar-refractivity contribution in [3.8, 4) is 0 Å². The van der Waals surface area contributed by atoms with E-state index in [9.17, 15) is 0 Å². The van der Waals surface area contributed by atoms with Crippen LogP contribution in [0.1, 0.15) is 22.9 Å². The van der Waals surface area contributed by atoms with Crippen molar-refractivity contribution >= 4 is 23.0 Å². The minimum Gasteiger partial charge on any atom is -0.409 e. The van der Waals surface area contributed by atoms with Crippen LogP contribution in [0, 0.1) is 6.92 Å². The van der Waals surface area contributed by atoms with Gasteiger partial charge in [0.25, 0.3) is 0 Å². The summed E-state index contributed by atoms with van der Waals surface area (Å²) in [5, 5.41) is 14.1. The Bertz CT molecular complexity index is 595. The average Bonchev–Trinajstić information content (AvgIpc) is 2.96. The summed E-state index contributed by atoms with van der Waals surface area (Å²) in [6.07, 6.45) is 1.75. The molecule has 106 valence electrons. The largest absolute Gasteiger partial charge is 0.409 e. The van der Waals surface area contributed by atoms with Gasteiger partial charge in [0.05, 0.1) is 12.1 Å². The second-order valence-corrected chi connectivity index (χ2v) is 5.44. The quantitative estimate of drug-likeness (QED) is 0.384. The van der Waals surface area contributed by atoms with E-state index in [1.807, 2.05) is 19.1 Å². The second kappa shape index (κ2) is 6.38. The normalized spacial score (nSPS) is 11.6. The zero-order chi connectivity index (χ0) is 14.5. The van der Waals surface area contributed by atoms with E-state index in [4.69, 9.17) is 10.9 Å². The molecular weight excluding hydrogens is 272 g/mol. The van der Waals surface area contributed by atoms with Crippen LogP contribution in [0.4, 0.5) is 5.82 Å². The predicted molar refractivity (Wildman–Crippen MR) is 82.5 cm³/mol. The maximum Gasteiger partial charge on any atom is 0.174 e. The van der Waals surface area contributed by atoms with Gasteiger partial charge in [0.15, 0.2) is 5.84 Å². The van der Waals surface area contributed by atoms with Crippen LogP contribution < -0.4 is 10.6 Å². The van der Waals surface area contributed by atoms with Gasteiger partial charge in [-0.15, -0.1) is 11.3 Å². The molecule has 0 saturated carbocycles. The minimum absolute atomic E-state index is 0.0928. The molecule has 0 radical (unpaired) electrons. The van der Waals surface area contributed by atoms with Gasteiger partial charge in [-0.2, -0.15) is 0 Å². The van der Waals surface area contributed by atoms with Crippen molar-refractivity contribution in [2.45, 2.75) is 20.4 Å². The standard InChI is InChI=1S/C14H18N4OS/c1-3-18(9-11-5-4-8-20-11)14-12(13(15)17-19)10(2)6-7-16-14/h4-8,19H,3,9H2,1-2H3,(H2,15,17). The molecule has 2 aromatic heterocycles. The molecule has 6 heteroatoms. The zero-order valence-corrected chi connectivity index (χ0v) is 12.4. The van der Waals surface area contributed by atoms with E-state index in [-0.39, 0.29) is 5.84 Å². The number of nitrogens with zero attached hydrogens (tertiary/aromatic N) is 3. The van der Waals surface area contributed by atoms with Crippen LogP contribution in [-0.4, -0.2) is 22.6 Å². The number of hydrogen-bond donors (Lipinski definition) is 2. The lowest BCUT2D eigenvalue weighted by Gasteiger charge is -2.24. The molecule has 2 heterocycles. The Balaban J connectivity index is 2.41. The molecular formula is C14H18N4OS. The molecule has 0 amide bonds. The Morgan fingerprint density at radius 1 is 1.50 bits per heavy atom. The summed E-state index contributed by atoms with van der Waals surface area (Å²) in [4.78, 5) is 7.79. The Labute approximate surface area is 122 Å². The summed E-state index contributed by atoms with van der Waals surface area (Å²) in [7, 11) is 0. The molecule has 3 N–H and O–H groups in total. The molecule has 20 heavy (non-hydrogen) atoms. The van der Waals surface area contributed by atoms with Gasteiger partial charge < -0.3 is 15.8 Å². The maximum atomic E-state index is 8.97. The van der Waals surface area contributed by atoms with E-state index in [2.05, 4.69) is 33.4 Å².